The van der Waals surface area contributed by atoms with Crippen LogP contribution in [0.4, 0.5) is 5.69 Å². The van der Waals surface area contributed by atoms with E-state index >= 15 is 0 Å². The normalized spacial score (nSPS) is 11.1. The molecular formula is C12H15N3O4S. The summed E-state index contributed by atoms with van der Waals surface area (Å²) in [6.07, 6.45) is -0.00986. The van der Waals surface area contributed by atoms with Crippen molar-refractivity contribution in [2.24, 2.45) is 0 Å². The molecule has 20 heavy (non-hydrogen) atoms. The smallest absolute Gasteiger partial charge is 0.304 e. The first-order valence-electron chi connectivity index (χ1n) is 5.77. The van der Waals surface area contributed by atoms with Gasteiger partial charge in [-0.25, -0.2) is 0 Å². The summed E-state index contributed by atoms with van der Waals surface area (Å²) < 4.78 is 27.1. The summed E-state index contributed by atoms with van der Waals surface area (Å²) in [6.45, 7) is -0.114. The molecule has 0 radical (unpaired) electrons. The molecule has 0 saturated heterocycles. The number of benzene rings is 1. The SMILES string of the molecule is CN(CCC(=O)O)S(=O)(=O)Nc1ccc(CC#N)cc1. The molecule has 0 heterocycles. The average molecular weight is 297 g/mol. The minimum Gasteiger partial charge on any atom is -0.481 e. The number of anilines is 1. The highest BCUT2D eigenvalue weighted by atomic mass is 32.2. The molecule has 0 atom stereocenters. The summed E-state index contributed by atoms with van der Waals surface area (Å²) in [4.78, 5) is 10.4. The van der Waals surface area contributed by atoms with Crippen molar-refractivity contribution in [2.75, 3.05) is 18.3 Å². The Morgan fingerprint density at radius 1 is 1.40 bits per heavy atom. The first-order chi connectivity index (χ1) is 9.35. The van der Waals surface area contributed by atoms with Crippen molar-refractivity contribution in [3.05, 3.63) is 29.8 Å². The van der Waals surface area contributed by atoms with Gasteiger partial charge < -0.3 is 5.11 Å². The van der Waals surface area contributed by atoms with Crippen LogP contribution in [0.5, 0.6) is 0 Å². The lowest BCUT2D eigenvalue weighted by Crippen LogP contribution is -2.34. The zero-order valence-electron chi connectivity index (χ0n) is 10.9. The fourth-order valence-corrected chi connectivity index (χ4v) is 2.30. The third-order valence-corrected chi connectivity index (χ3v) is 4.03. The van der Waals surface area contributed by atoms with Gasteiger partial charge in [0.05, 0.1) is 18.9 Å². The van der Waals surface area contributed by atoms with E-state index in [4.69, 9.17) is 10.4 Å². The Labute approximate surface area is 117 Å². The minimum atomic E-state index is -3.78. The zero-order valence-corrected chi connectivity index (χ0v) is 11.7. The highest BCUT2D eigenvalue weighted by molar-refractivity contribution is 7.90. The van der Waals surface area contributed by atoms with Crippen LogP contribution in [-0.2, 0) is 21.4 Å². The molecule has 8 heteroatoms. The van der Waals surface area contributed by atoms with Gasteiger partial charge in [0.25, 0.3) is 0 Å². The molecule has 0 spiro atoms. The third-order valence-electron chi connectivity index (χ3n) is 2.53. The van der Waals surface area contributed by atoms with Crippen molar-refractivity contribution in [3.63, 3.8) is 0 Å². The fraction of sp³-hybridized carbons (Fsp3) is 0.333. The van der Waals surface area contributed by atoms with Gasteiger partial charge in [-0.3, -0.25) is 9.52 Å². The van der Waals surface area contributed by atoms with Crippen LogP contribution in [0.3, 0.4) is 0 Å². The summed E-state index contributed by atoms with van der Waals surface area (Å²) in [5, 5.41) is 17.1. The summed E-state index contributed by atoms with van der Waals surface area (Å²) >= 11 is 0. The van der Waals surface area contributed by atoms with Crippen LogP contribution in [-0.4, -0.2) is 37.4 Å². The van der Waals surface area contributed by atoms with Gasteiger partial charge in [0.2, 0.25) is 0 Å². The van der Waals surface area contributed by atoms with Crippen LogP contribution < -0.4 is 4.72 Å². The van der Waals surface area contributed by atoms with Crippen molar-refractivity contribution in [1.82, 2.24) is 4.31 Å². The Morgan fingerprint density at radius 2 is 2.00 bits per heavy atom. The van der Waals surface area contributed by atoms with Gasteiger partial charge >= 0.3 is 16.2 Å². The number of hydrogen-bond acceptors (Lipinski definition) is 4. The van der Waals surface area contributed by atoms with E-state index in [1.165, 1.54) is 7.05 Å². The lowest BCUT2D eigenvalue weighted by molar-refractivity contribution is -0.137. The van der Waals surface area contributed by atoms with Crippen molar-refractivity contribution in [2.45, 2.75) is 12.8 Å². The monoisotopic (exact) mass is 297 g/mol. The number of hydrogen-bond donors (Lipinski definition) is 2. The molecule has 7 nitrogen and oxygen atoms in total. The molecule has 1 rings (SSSR count). The van der Waals surface area contributed by atoms with Crippen molar-refractivity contribution >= 4 is 21.9 Å². The number of aliphatic carboxylic acids is 1. The molecule has 0 fully saturated rings. The number of nitriles is 1. The number of carbonyl (C=O) groups is 1. The van der Waals surface area contributed by atoms with Gasteiger partial charge in [-0.2, -0.15) is 18.0 Å². The molecule has 1 aromatic carbocycles. The van der Waals surface area contributed by atoms with E-state index in [9.17, 15) is 13.2 Å². The second kappa shape index (κ2) is 6.88. The average Bonchev–Trinajstić information content (AvgIpc) is 2.38. The molecule has 108 valence electrons. The van der Waals surface area contributed by atoms with E-state index in [0.717, 1.165) is 9.87 Å². The Morgan fingerprint density at radius 3 is 2.50 bits per heavy atom. The predicted octanol–water partition coefficient (Wildman–Crippen LogP) is 0.816. The van der Waals surface area contributed by atoms with Crippen molar-refractivity contribution < 1.29 is 18.3 Å². The molecule has 0 saturated carbocycles. The first kappa shape index (κ1) is 15.9. The first-order valence-corrected chi connectivity index (χ1v) is 7.21. The quantitative estimate of drug-likeness (QED) is 0.774. The Bertz CT molecular complexity index is 605. The minimum absolute atomic E-state index is 0.114. The van der Waals surface area contributed by atoms with E-state index in [1.807, 2.05) is 6.07 Å². The summed E-state index contributed by atoms with van der Waals surface area (Å²) in [5.41, 5.74) is 1.14. The highest BCUT2D eigenvalue weighted by Gasteiger charge is 2.18. The van der Waals surface area contributed by atoms with E-state index in [1.54, 1.807) is 24.3 Å². The molecule has 0 aliphatic carbocycles. The summed E-state index contributed by atoms with van der Waals surface area (Å²) in [5.74, 6) is -1.06. The maximum absolute atomic E-state index is 11.9. The number of carboxylic acid groups (broad SMARTS) is 1. The zero-order chi connectivity index (χ0) is 15.2. The molecule has 0 bridgehead atoms. The maximum atomic E-state index is 11.9. The van der Waals surface area contributed by atoms with Gasteiger partial charge in [-0.15, -0.1) is 0 Å². The number of nitrogens with one attached hydrogen (secondary N) is 1. The number of rotatable bonds is 7. The van der Waals surface area contributed by atoms with E-state index in [0.29, 0.717) is 5.69 Å². The van der Waals surface area contributed by atoms with Crippen LogP contribution in [0.1, 0.15) is 12.0 Å². The van der Waals surface area contributed by atoms with Crippen LogP contribution >= 0.6 is 0 Å². The van der Waals surface area contributed by atoms with E-state index in [2.05, 4.69) is 4.72 Å². The molecule has 2 N–H and O–H groups in total. The van der Waals surface area contributed by atoms with Gasteiger partial charge in [-0.05, 0) is 17.7 Å². The summed E-state index contributed by atoms with van der Waals surface area (Å²) in [6, 6.07) is 8.40. The van der Waals surface area contributed by atoms with Crippen molar-refractivity contribution in [3.8, 4) is 6.07 Å². The fourth-order valence-electron chi connectivity index (χ4n) is 1.38. The maximum Gasteiger partial charge on any atom is 0.304 e. The standard InChI is InChI=1S/C12H15N3O4S/c1-15(9-7-12(16)17)20(18,19)14-11-4-2-10(3-5-11)6-8-13/h2-5,14H,6-7,9H2,1H3,(H,16,17). The molecule has 0 amide bonds. The van der Waals surface area contributed by atoms with Crippen LogP contribution in [0.2, 0.25) is 0 Å². The largest absolute Gasteiger partial charge is 0.481 e. The highest BCUT2D eigenvalue weighted by Crippen LogP contribution is 2.13. The number of carboxylic acids is 1. The summed E-state index contributed by atoms with van der Waals surface area (Å²) in [7, 11) is -2.48. The second-order valence-corrected chi connectivity index (χ2v) is 5.88. The lowest BCUT2D eigenvalue weighted by atomic mass is 10.1. The van der Waals surface area contributed by atoms with Gasteiger partial charge in [0.15, 0.2) is 0 Å². The lowest BCUT2D eigenvalue weighted by Gasteiger charge is -2.17. The molecule has 0 aliphatic heterocycles. The van der Waals surface area contributed by atoms with Crippen LogP contribution in [0.15, 0.2) is 24.3 Å². The Kier molecular flexibility index (Phi) is 5.49. The van der Waals surface area contributed by atoms with Gasteiger partial charge in [-0.1, -0.05) is 12.1 Å². The topological polar surface area (TPSA) is 110 Å². The second-order valence-electron chi connectivity index (χ2n) is 4.10. The Hall–Kier alpha value is -2.11. The molecule has 0 aromatic heterocycles. The third kappa shape index (κ3) is 4.87. The van der Waals surface area contributed by atoms with Crippen LogP contribution in [0.25, 0.3) is 0 Å². The molecule has 0 aliphatic rings. The Balaban J connectivity index is 2.70. The van der Waals surface area contributed by atoms with Gasteiger partial charge in [0.1, 0.15) is 0 Å². The molecule has 0 unspecified atom stereocenters. The number of nitrogens with zero attached hydrogens (tertiary/aromatic N) is 2. The van der Waals surface area contributed by atoms with Gasteiger partial charge in [0, 0.05) is 19.3 Å². The van der Waals surface area contributed by atoms with Crippen LogP contribution in [0, 0.1) is 11.3 Å². The van der Waals surface area contributed by atoms with E-state index < -0.39 is 16.2 Å². The molecular weight excluding hydrogens is 282 g/mol. The van der Waals surface area contributed by atoms with E-state index in [-0.39, 0.29) is 19.4 Å². The molecule has 1 aromatic rings. The predicted molar refractivity (Wildman–Crippen MR) is 73.2 cm³/mol. The van der Waals surface area contributed by atoms with Crippen molar-refractivity contribution in [1.29, 1.82) is 5.26 Å².